The monoisotopic (exact) mass is 729 g/mol. The Morgan fingerprint density at radius 3 is 0.645 bits per heavy atom. The van der Waals surface area contributed by atoms with Gasteiger partial charge in [-0.05, 0) is 37.0 Å². The molecule has 0 bridgehead atoms. The summed E-state index contributed by atoms with van der Waals surface area (Å²) >= 11 is 0. The molecule has 0 saturated carbocycles. The van der Waals surface area contributed by atoms with Crippen molar-refractivity contribution < 1.29 is 73.3 Å². The zero-order valence-electron chi connectivity index (χ0n) is 18.0. The summed E-state index contributed by atoms with van der Waals surface area (Å²) in [4.78, 5) is 0. The first-order chi connectivity index (χ1) is 13.2. The van der Waals surface area contributed by atoms with Crippen molar-refractivity contribution in [1.82, 2.24) is 0 Å². The molecule has 0 aromatic rings. The SMILES string of the molecule is CCP(CC)CC.CCP(CC)CC.O=S(=O)([O-])C(F)(F)F.O=S(=O)([O-])C(F)(F)F.[Pt+2]. The van der Waals surface area contributed by atoms with Crippen LogP contribution in [0.25, 0.3) is 0 Å². The molecule has 196 valence electrons. The Hall–Kier alpha value is 0.948. The van der Waals surface area contributed by atoms with Crippen molar-refractivity contribution in [2.45, 2.75) is 52.6 Å². The Morgan fingerprint density at radius 1 is 0.548 bits per heavy atom. The third-order valence-electron chi connectivity index (χ3n) is 3.25. The predicted molar refractivity (Wildman–Crippen MR) is 109 cm³/mol. The molecule has 6 nitrogen and oxygen atoms in total. The molecule has 0 aromatic heterocycles. The number of alkyl halides is 6. The Morgan fingerprint density at radius 2 is 0.645 bits per heavy atom. The molecule has 17 heteroatoms. The van der Waals surface area contributed by atoms with Crippen molar-refractivity contribution in [3.8, 4) is 0 Å². The normalized spacial score (nSPS) is 11.9. The van der Waals surface area contributed by atoms with Gasteiger partial charge in [0.2, 0.25) is 0 Å². The van der Waals surface area contributed by atoms with Crippen molar-refractivity contribution in [2.75, 3.05) is 37.0 Å². The summed E-state index contributed by atoms with van der Waals surface area (Å²) in [6.45, 7) is 13.7. The summed E-state index contributed by atoms with van der Waals surface area (Å²) in [5.74, 6) is 0. The van der Waals surface area contributed by atoms with Gasteiger partial charge in [0.25, 0.3) is 0 Å². The fourth-order valence-electron chi connectivity index (χ4n) is 1.34. The van der Waals surface area contributed by atoms with Crippen molar-refractivity contribution >= 4 is 36.1 Å². The van der Waals surface area contributed by atoms with Crippen LogP contribution in [0.1, 0.15) is 41.5 Å². The predicted octanol–water partition coefficient (Wildman–Crippen LogP) is 5.16. The van der Waals surface area contributed by atoms with E-state index >= 15 is 0 Å². The van der Waals surface area contributed by atoms with E-state index in [2.05, 4.69) is 41.5 Å². The fourth-order valence-corrected chi connectivity index (χ4v) is 4.02. The number of hydrogen-bond acceptors (Lipinski definition) is 6. The first-order valence-corrected chi connectivity index (χ1v) is 15.3. The molecule has 0 spiro atoms. The van der Waals surface area contributed by atoms with E-state index in [9.17, 15) is 26.3 Å². The summed E-state index contributed by atoms with van der Waals surface area (Å²) in [7, 11) is -11.3. The zero-order chi connectivity index (χ0) is 25.4. The van der Waals surface area contributed by atoms with E-state index in [4.69, 9.17) is 25.9 Å². The van der Waals surface area contributed by atoms with Crippen molar-refractivity contribution in [3.63, 3.8) is 0 Å². The number of hydrogen-bond donors (Lipinski definition) is 0. The Kier molecular flexibility index (Phi) is 27.6. The smallest absolute Gasteiger partial charge is 0.741 e. The summed E-state index contributed by atoms with van der Waals surface area (Å²) in [6, 6.07) is 0. The zero-order valence-corrected chi connectivity index (χ0v) is 23.7. The third kappa shape index (κ3) is 27.1. The van der Waals surface area contributed by atoms with Crippen LogP contribution in [0.15, 0.2) is 0 Å². The van der Waals surface area contributed by atoms with Gasteiger partial charge in [-0.15, -0.1) is 15.8 Å². The maximum atomic E-state index is 10.7. The second kappa shape index (κ2) is 20.3. The number of halogens is 6. The standard InChI is InChI=1S/2C6H15P.2CHF3O3S.Pt/c2*1-4-7(5-2)6-3;2*2-1(3,4)8(5,6)7;/h2*4-6H2,1-3H3;2*(H,5,6,7);/q;;;;+2/p-2. The van der Waals surface area contributed by atoms with Crippen molar-refractivity contribution in [1.29, 1.82) is 0 Å². The van der Waals surface area contributed by atoms with E-state index in [1.165, 1.54) is 37.0 Å². The van der Waals surface area contributed by atoms with E-state index < -0.39 is 31.3 Å². The summed E-state index contributed by atoms with van der Waals surface area (Å²) in [6.07, 6.45) is 8.51. The molecule has 0 unspecified atom stereocenters. The van der Waals surface area contributed by atoms with Gasteiger partial charge >= 0.3 is 32.1 Å². The van der Waals surface area contributed by atoms with Crippen LogP contribution in [0.4, 0.5) is 26.3 Å². The largest absolute Gasteiger partial charge is 2.00 e. The average Bonchev–Trinajstić information content (AvgIpc) is 2.56. The molecule has 0 aliphatic heterocycles. The molecule has 0 rings (SSSR count). The van der Waals surface area contributed by atoms with E-state index in [0.29, 0.717) is 15.8 Å². The molecular weight excluding hydrogens is 699 g/mol. The van der Waals surface area contributed by atoms with Crippen LogP contribution in [0, 0.1) is 0 Å². The van der Waals surface area contributed by atoms with Gasteiger partial charge in [0.15, 0.2) is 20.2 Å². The molecule has 0 saturated heterocycles. The molecule has 0 aliphatic rings. The van der Waals surface area contributed by atoms with Crippen LogP contribution in [0.5, 0.6) is 0 Å². The van der Waals surface area contributed by atoms with Crippen LogP contribution >= 0.6 is 15.8 Å². The molecule has 0 N–H and O–H groups in total. The van der Waals surface area contributed by atoms with Crippen molar-refractivity contribution in [2.24, 2.45) is 0 Å². The molecular formula is C14H30F6O6P2PtS2. The number of rotatable bonds is 6. The maximum Gasteiger partial charge on any atom is 2.00 e. The summed E-state index contributed by atoms with van der Waals surface area (Å²) in [5.41, 5.74) is -11.3. The topological polar surface area (TPSA) is 114 Å². The second-order valence-corrected chi connectivity index (χ2v) is 14.3. The van der Waals surface area contributed by atoms with Gasteiger partial charge in [-0.25, -0.2) is 16.8 Å². The van der Waals surface area contributed by atoms with Crippen LogP contribution in [-0.2, 0) is 41.3 Å². The minimum absolute atomic E-state index is 0. The molecule has 0 aromatic carbocycles. The summed E-state index contributed by atoms with van der Waals surface area (Å²) < 4.78 is 118. The molecule has 0 atom stereocenters. The van der Waals surface area contributed by atoms with E-state index in [1.807, 2.05) is 0 Å². The first-order valence-electron chi connectivity index (χ1n) is 8.68. The van der Waals surface area contributed by atoms with E-state index in [1.54, 1.807) is 0 Å². The summed E-state index contributed by atoms with van der Waals surface area (Å²) in [5, 5.41) is 0. The van der Waals surface area contributed by atoms with E-state index in [-0.39, 0.29) is 21.1 Å². The van der Waals surface area contributed by atoms with Gasteiger partial charge in [-0.2, -0.15) is 26.3 Å². The molecule has 31 heavy (non-hydrogen) atoms. The first kappa shape index (κ1) is 42.1. The Labute approximate surface area is 198 Å². The van der Waals surface area contributed by atoms with Gasteiger partial charge < -0.3 is 9.11 Å². The second-order valence-electron chi connectivity index (χ2n) is 5.04. The molecule has 0 amide bonds. The van der Waals surface area contributed by atoms with Gasteiger partial charge in [0.05, 0.1) is 0 Å². The van der Waals surface area contributed by atoms with Gasteiger partial charge in [-0.1, -0.05) is 41.5 Å². The molecule has 0 fully saturated rings. The Bertz CT molecular complexity index is 543. The quantitative estimate of drug-likeness (QED) is 0.162. The van der Waals surface area contributed by atoms with Gasteiger partial charge in [0.1, 0.15) is 0 Å². The minimum atomic E-state index is -6.09. The van der Waals surface area contributed by atoms with Crippen LogP contribution < -0.4 is 0 Å². The minimum Gasteiger partial charge on any atom is -0.741 e. The maximum absolute atomic E-state index is 10.7. The van der Waals surface area contributed by atoms with Gasteiger partial charge in [-0.3, -0.25) is 0 Å². The third-order valence-corrected chi connectivity index (χ3v) is 9.75. The molecule has 0 aliphatic carbocycles. The average molecular weight is 730 g/mol. The van der Waals surface area contributed by atoms with Crippen LogP contribution in [-0.4, -0.2) is 73.9 Å². The van der Waals surface area contributed by atoms with Crippen LogP contribution in [0.2, 0.25) is 0 Å². The molecule has 0 radical (unpaired) electrons. The van der Waals surface area contributed by atoms with E-state index in [0.717, 1.165) is 0 Å². The van der Waals surface area contributed by atoms with Crippen molar-refractivity contribution in [3.05, 3.63) is 0 Å². The fraction of sp³-hybridized carbons (Fsp3) is 1.00. The van der Waals surface area contributed by atoms with Gasteiger partial charge in [0, 0.05) is 0 Å². The van der Waals surface area contributed by atoms with Crippen LogP contribution in [0.3, 0.4) is 0 Å². The Balaban J connectivity index is -0.0000000961. The molecule has 0 heterocycles.